The largest absolute Gasteiger partial charge is 0.355 e. The molecule has 0 radical (unpaired) electrons. The summed E-state index contributed by atoms with van der Waals surface area (Å²) < 4.78 is 0. The van der Waals surface area contributed by atoms with Gasteiger partial charge in [-0.15, -0.1) is 0 Å². The van der Waals surface area contributed by atoms with Gasteiger partial charge in [-0.05, 0) is 43.0 Å². The zero-order valence-corrected chi connectivity index (χ0v) is 19.0. The van der Waals surface area contributed by atoms with Crippen molar-refractivity contribution in [3.05, 3.63) is 102 Å². The second-order valence-corrected chi connectivity index (χ2v) is 8.86. The van der Waals surface area contributed by atoms with Crippen LogP contribution in [-0.2, 0) is 10.2 Å². The molecule has 170 valence electrons. The van der Waals surface area contributed by atoms with Crippen LogP contribution >= 0.6 is 0 Å². The van der Waals surface area contributed by atoms with Crippen LogP contribution in [0, 0.1) is 5.92 Å². The highest BCUT2D eigenvalue weighted by molar-refractivity contribution is 5.90. The van der Waals surface area contributed by atoms with E-state index in [4.69, 9.17) is 0 Å². The van der Waals surface area contributed by atoms with Gasteiger partial charge in [0.2, 0.25) is 5.91 Å². The Balaban J connectivity index is 1.42. The smallest absolute Gasteiger partial charge is 0.321 e. The van der Waals surface area contributed by atoms with E-state index < -0.39 is 0 Å². The fraction of sp³-hybridized carbons (Fsp3) is 0.286. The van der Waals surface area contributed by atoms with E-state index in [1.54, 1.807) is 4.90 Å². The van der Waals surface area contributed by atoms with Crippen LogP contribution in [0.4, 0.5) is 10.5 Å². The van der Waals surface area contributed by atoms with Crippen LogP contribution in [-0.4, -0.2) is 36.5 Å². The average Bonchev–Trinajstić information content (AvgIpc) is 2.88. The van der Waals surface area contributed by atoms with Crippen LogP contribution in [0.15, 0.2) is 91.0 Å². The van der Waals surface area contributed by atoms with Gasteiger partial charge in [0.15, 0.2) is 0 Å². The number of nitrogens with one attached hydrogen (secondary N) is 2. The molecular formula is C28H31N3O2. The number of likely N-dealkylation sites (tertiary alicyclic amines) is 1. The Morgan fingerprint density at radius 2 is 1.42 bits per heavy atom. The molecule has 3 aromatic rings. The average molecular weight is 442 g/mol. The molecule has 3 aromatic carbocycles. The van der Waals surface area contributed by atoms with Crippen LogP contribution in [0.2, 0.25) is 0 Å². The van der Waals surface area contributed by atoms with Crippen molar-refractivity contribution in [2.24, 2.45) is 5.92 Å². The summed E-state index contributed by atoms with van der Waals surface area (Å²) >= 11 is 0. The quantitative estimate of drug-likeness (QED) is 0.562. The summed E-state index contributed by atoms with van der Waals surface area (Å²) in [6.45, 7) is 3.75. The lowest BCUT2D eigenvalue weighted by atomic mass is 9.76. The summed E-state index contributed by atoms with van der Waals surface area (Å²) in [7, 11) is 0. The van der Waals surface area contributed by atoms with Gasteiger partial charge in [0.1, 0.15) is 0 Å². The minimum atomic E-state index is -0.350. The minimum Gasteiger partial charge on any atom is -0.355 e. The van der Waals surface area contributed by atoms with Crippen LogP contribution < -0.4 is 10.6 Å². The summed E-state index contributed by atoms with van der Waals surface area (Å²) in [5.74, 6) is -0.207. The van der Waals surface area contributed by atoms with Crippen LogP contribution in [0.3, 0.4) is 0 Å². The number of hydrogen-bond acceptors (Lipinski definition) is 2. The number of anilines is 1. The second-order valence-electron chi connectivity index (χ2n) is 8.86. The Morgan fingerprint density at radius 3 is 2.00 bits per heavy atom. The molecule has 1 fully saturated rings. The van der Waals surface area contributed by atoms with Gasteiger partial charge in [-0.25, -0.2) is 4.79 Å². The number of hydrogen-bond donors (Lipinski definition) is 2. The van der Waals surface area contributed by atoms with Crippen LogP contribution in [0.1, 0.15) is 30.9 Å². The summed E-state index contributed by atoms with van der Waals surface area (Å²) in [5.41, 5.74) is 2.72. The maximum Gasteiger partial charge on any atom is 0.321 e. The molecule has 0 saturated carbocycles. The normalized spacial score (nSPS) is 16.2. The van der Waals surface area contributed by atoms with Crippen molar-refractivity contribution in [2.45, 2.75) is 25.2 Å². The molecule has 0 bridgehead atoms. The summed E-state index contributed by atoms with van der Waals surface area (Å²) in [6, 6.07) is 29.8. The summed E-state index contributed by atoms with van der Waals surface area (Å²) in [6.07, 6.45) is 1.60. The van der Waals surface area contributed by atoms with Crippen molar-refractivity contribution in [3.8, 4) is 0 Å². The number of carbonyl (C=O) groups is 2. The Labute approximate surface area is 195 Å². The Hall–Kier alpha value is -3.60. The van der Waals surface area contributed by atoms with E-state index in [9.17, 15) is 9.59 Å². The Kier molecular flexibility index (Phi) is 7.08. The first-order chi connectivity index (χ1) is 16.1. The molecule has 2 N–H and O–H groups in total. The highest BCUT2D eigenvalue weighted by atomic mass is 16.2. The molecular weight excluding hydrogens is 410 g/mol. The maximum absolute atomic E-state index is 13.2. The van der Waals surface area contributed by atoms with E-state index in [2.05, 4.69) is 41.8 Å². The fourth-order valence-electron chi connectivity index (χ4n) is 4.49. The van der Waals surface area contributed by atoms with Crippen LogP contribution in [0.25, 0.3) is 0 Å². The van der Waals surface area contributed by atoms with Crippen molar-refractivity contribution < 1.29 is 9.59 Å². The predicted octanol–water partition coefficient (Wildman–Crippen LogP) is 5.05. The zero-order chi connectivity index (χ0) is 23.1. The van der Waals surface area contributed by atoms with E-state index in [0.717, 1.165) is 29.7 Å². The Bertz CT molecular complexity index is 1010. The first kappa shape index (κ1) is 22.6. The van der Waals surface area contributed by atoms with Gasteiger partial charge in [-0.3, -0.25) is 4.79 Å². The molecule has 5 heteroatoms. The van der Waals surface area contributed by atoms with Crippen molar-refractivity contribution in [2.75, 3.05) is 25.0 Å². The molecule has 1 aliphatic rings. The van der Waals surface area contributed by atoms with E-state index in [1.807, 2.05) is 66.7 Å². The number of amides is 3. The standard InChI is InChI=1S/C28H31N3O2/c1-28(23-13-5-2-6-14-23,24-15-7-3-8-16-24)21-29-26(32)22-12-11-19-31(20-22)27(33)30-25-17-9-4-10-18-25/h2-10,13-18,22H,11-12,19-21H2,1H3,(H,29,32)(H,30,33)/t22-/m0/s1. The lowest BCUT2D eigenvalue weighted by Crippen LogP contribution is -2.49. The zero-order valence-electron chi connectivity index (χ0n) is 19.0. The monoisotopic (exact) mass is 441 g/mol. The molecule has 1 heterocycles. The van der Waals surface area contributed by atoms with Crippen molar-refractivity contribution in [1.29, 1.82) is 0 Å². The molecule has 4 rings (SSSR count). The molecule has 1 saturated heterocycles. The number of rotatable bonds is 6. The van der Waals surface area contributed by atoms with E-state index >= 15 is 0 Å². The first-order valence-electron chi connectivity index (χ1n) is 11.6. The van der Waals surface area contributed by atoms with Gasteiger partial charge in [0, 0.05) is 30.7 Å². The van der Waals surface area contributed by atoms with Crippen molar-refractivity contribution in [3.63, 3.8) is 0 Å². The molecule has 0 unspecified atom stereocenters. The number of para-hydroxylation sites is 1. The number of urea groups is 1. The molecule has 1 atom stereocenters. The second kappa shape index (κ2) is 10.3. The molecule has 0 aromatic heterocycles. The number of benzene rings is 3. The third kappa shape index (κ3) is 5.43. The summed E-state index contributed by atoms with van der Waals surface area (Å²) in [4.78, 5) is 27.6. The molecule has 0 aliphatic carbocycles. The predicted molar refractivity (Wildman–Crippen MR) is 132 cm³/mol. The SMILES string of the molecule is CC(CNC(=O)[C@H]1CCCN(C(=O)Nc2ccccc2)C1)(c1ccccc1)c1ccccc1. The highest BCUT2D eigenvalue weighted by Gasteiger charge is 2.32. The molecule has 1 aliphatic heterocycles. The van der Waals surface area contributed by atoms with Gasteiger partial charge in [-0.1, -0.05) is 78.9 Å². The van der Waals surface area contributed by atoms with Crippen LogP contribution in [0.5, 0.6) is 0 Å². The van der Waals surface area contributed by atoms with Gasteiger partial charge in [0.25, 0.3) is 0 Å². The lowest BCUT2D eigenvalue weighted by molar-refractivity contribution is -0.126. The molecule has 3 amide bonds. The first-order valence-corrected chi connectivity index (χ1v) is 11.6. The van der Waals surface area contributed by atoms with Gasteiger partial charge in [0.05, 0.1) is 5.92 Å². The lowest BCUT2D eigenvalue weighted by Gasteiger charge is -2.34. The third-order valence-electron chi connectivity index (χ3n) is 6.54. The maximum atomic E-state index is 13.2. The molecule has 0 spiro atoms. The van der Waals surface area contributed by atoms with Gasteiger partial charge < -0.3 is 15.5 Å². The Morgan fingerprint density at radius 1 is 0.879 bits per heavy atom. The van der Waals surface area contributed by atoms with Gasteiger partial charge >= 0.3 is 6.03 Å². The minimum absolute atomic E-state index is 0.00491. The van der Waals surface area contributed by atoms with Crippen molar-refractivity contribution >= 4 is 17.6 Å². The number of piperidine rings is 1. The molecule has 33 heavy (non-hydrogen) atoms. The number of nitrogens with zero attached hydrogens (tertiary/aromatic N) is 1. The fourth-order valence-corrected chi connectivity index (χ4v) is 4.49. The third-order valence-corrected chi connectivity index (χ3v) is 6.54. The van der Waals surface area contributed by atoms with Gasteiger partial charge in [-0.2, -0.15) is 0 Å². The van der Waals surface area contributed by atoms with E-state index in [1.165, 1.54) is 0 Å². The molecule has 5 nitrogen and oxygen atoms in total. The summed E-state index contributed by atoms with van der Waals surface area (Å²) in [5, 5.41) is 6.13. The van der Waals surface area contributed by atoms with Crippen molar-refractivity contribution in [1.82, 2.24) is 10.2 Å². The van der Waals surface area contributed by atoms with E-state index in [0.29, 0.717) is 19.6 Å². The van der Waals surface area contributed by atoms with E-state index in [-0.39, 0.29) is 23.3 Å². The number of carbonyl (C=O) groups excluding carboxylic acids is 2. The topological polar surface area (TPSA) is 61.4 Å². The highest BCUT2D eigenvalue weighted by Crippen LogP contribution is 2.31.